The van der Waals surface area contributed by atoms with Crippen LogP contribution in [0.3, 0.4) is 0 Å². The van der Waals surface area contributed by atoms with Gasteiger partial charge in [-0.3, -0.25) is 14.4 Å². The van der Waals surface area contributed by atoms with Crippen molar-refractivity contribution in [1.29, 1.82) is 0 Å². The second-order valence-corrected chi connectivity index (χ2v) is 4.91. The fraction of sp³-hybridized carbons (Fsp3) is 0.312. The van der Waals surface area contributed by atoms with Gasteiger partial charge in [0.2, 0.25) is 11.8 Å². The van der Waals surface area contributed by atoms with E-state index < -0.39 is 11.8 Å². The lowest BCUT2D eigenvalue weighted by molar-refractivity contribution is -0.137. The van der Waals surface area contributed by atoms with Crippen molar-refractivity contribution in [3.8, 4) is 0 Å². The van der Waals surface area contributed by atoms with E-state index in [0.717, 1.165) is 10.5 Å². The van der Waals surface area contributed by atoms with E-state index in [2.05, 4.69) is 5.16 Å². The Kier molecular flexibility index (Phi) is 6.79. The first-order valence-electron chi connectivity index (χ1n) is 6.98. The number of rotatable bonds is 6. The predicted octanol–water partition coefficient (Wildman–Crippen LogP) is 1.31. The van der Waals surface area contributed by atoms with Crippen molar-refractivity contribution >= 4 is 29.7 Å². The lowest BCUT2D eigenvalue weighted by Crippen LogP contribution is -2.39. The summed E-state index contributed by atoms with van der Waals surface area (Å²) in [6.07, 6.45) is 1.27. The summed E-state index contributed by atoms with van der Waals surface area (Å²) in [6.45, 7) is 2.37. The number of benzene rings is 1. The Morgan fingerprint density at radius 1 is 1.13 bits per heavy atom. The summed E-state index contributed by atoms with van der Waals surface area (Å²) in [6, 6.07) is 6.38. The largest absolute Gasteiger partial charge is 0.409 e. The standard InChI is InChI=1S/C16H18N2O5/c1-11(20)18(12(2)21)16(17-23)14-7-5-13(6-8-14)10-15(22)4-3-9-19/h5-9,23H,3-4,10H2,1-2H3/b17-16+. The van der Waals surface area contributed by atoms with Crippen LogP contribution in [0, 0.1) is 0 Å². The molecule has 0 aliphatic heterocycles. The lowest BCUT2D eigenvalue weighted by atomic mass is 10.0. The van der Waals surface area contributed by atoms with Crippen LogP contribution in [0.1, 0.15) is 37.8 Å². The molecular formula is C16H18N2O5. The number of Topliss-reactive ketones (excluding diaryl/α,β-unsaturated/α-hetero) is 1. The highest BCUT2D eigenvalue weighted by molar-refractivity contribution is 6.17. The van der Waals surface area contributed by atoms with Crippen molar-refractivity contribution in [2.24, 2.45) is 5.16 Å². The Hall–Kier alpha value is -2.83. The fourth-order valence-electron chi connectivity index (χ4n) is 2.06. The molecule has 1 aromatic rings. The SMILES string of the molecule is CC(=O)N(C(C)=O)/C(=N/O)c1ccc(CC(=O)CCC=O)cc1. The number of aldehydes is 1. The van der Waals surface area contributed by atoms with Gasteiger partial charge in [0.15, 0.2) is 5.84 Å². The summed E-state index contributed by atoms with van der Waals surface area (Å²) in [5, 5.41) is 12.1. The summed E-state index contributed by atoms with van der Waals surface area (Å²) in [5.74, 6) is -1.38. The summed E-state index contributed by atoms with van der Waals surface area (Å²) < 4.78 is 0. The van der Waals surface area contributed by atoms with Crippen molar-refractivity contribution in [1.82, 2.24) is 4.90 Å². The van der Waals surface area contributed by atoms with Crippen LogP contribution in [0.4, 0.5) is 0 Å². The van der Waals surface area contributed by atoms with Crippen LogP contribution in [-0.2, 0) is 25.6 Å². The van der Waals surface area contributed by atoms with Crippen molar-refractivity contribution in [2.45, 2.75) is 33.1 Å². The molecular weight excluding hydrogens is 300 g/mol. The highest BCUT2D eigenvalue weighted by Crippen LogP contribution is 2.11. The van der Waals surface area contributed by atoms with Gasteiger partial charge in [-0.2, -0.15) is 0 Å². The zero-order valence-corrected chi connectivity index (χ0v) is 13.0. The molecule has 0 spiro atoms. The third-order valence-corrected chi connectivity index (χ3v) is 3.09. The van der Waals surface area contributed by atoms with Crippen LogP contribution in [-0.4, -0.2) is 39.8 Å². The van der Waals surface area contributed by atoms with Crippen molar-refractivity contribution in [2.75, 3.05) is 0 Å². The Bertz CT molecular complexity index is 620. The summed E-state index contributed by atoms with van der Waals surface area (Å²) in [5.41, 5.74) is 1.08. The topological polar surface area (TPSA) is 104 Å². The molecule has 0 fully saturated rings. The smallest absolute Gasteiger partial charge is 0.231 e. The van der Waals surface area contributed by atoms with Gasteiger partial charge in [-0.1, -0.05) is 29.4 Å². The molecule has 1 N–H and O–H groups in total. The Labute approximate surface area is 133 Å². The van der Waals surface area contributed by atoms with Gasteiger partial charge < -0.3 is 10.0 Å². The monoisotopic (exact) mass is 318 g/mol. The second-order valence-electron chi connectivity index (χ2n) is 4.91. The summed E-state index contributed by atoms with van der Waals surface area (Å²) >= 11 is 0. The van der Waals surface area contributed by atoms with Crippen LogP contribution in [0.15, 0.2) is 29.4 Å². The highest BCUT2D eigenvalue weighted by atomic mass is 16.4. The van der Waals surface area contributed by atoms with Gasteiger partial charge in [0.25, 0.3) is 0 Å². The number of amidine groups is 1. The molecule has 1 rings (SSSR count). The van der Waals surface area contributed by atoms with Crippen molar-refractivity contribution in [3.63, 3.8) is 0 Å². The third-order valence-electron chi connectivity index (χ3n) is 3.09. The average Bonchev–Trinajstić information content (AvgIpc) is 2.50. The molecule has 7 heteroatoms. The fourth-order valence-corrected chi connectivity index (χ4v) is 2.06. The van der Waals surface area contributed by atoms with Gasteiger partial charge >= 0.3 is 0 Å². The van der Waals surface area contributed by atoms with E-state index in [1.807, 2.05) is 0 Å². The second kappa shape index (κ2) is 8.57. The normalized spacial score (nSPS) is 11.0. The maximum atomic E-state index is 11.6. The quantitative estimate of drug-likeness (QED) is 0.280. The van der Waals surface area contributed by atoms with E-state index in [-0.39, 0.29) is 30.9 Å². The zero-order valence-electron chi connectivity index (χ0n) is 13.0. The number of carbonyl (C=O) groups is 4. The van der Waals surface area contributed by atoms with Crippen LogP contribution in [0.25, 0.3) is 0 Å². The van der Waals surface area contributed by atoms with E-state index in [0.29, 0.717) is 11.8 Å². The van der Waals surface area contributed by atoms with E-state index in [4.69, 9.17) is 5.21 Å². The third kappa shape index (κ3) is 5.14. The van der Waals surface area contributed by atoms with Crippen LogP contribution >= 0.6 is 0 Å². The van der Waals surface area contributed by atoms with Gasteiger partial charge in [-0.05, 0) is 5.56 Å². The van der Waals surface area contributed by atoms with Crippen LogP contribution in [0.5, 0.6) is 0 Å². The number of amides is 2. The number of carbonyl (C=O) groups excluding carboxylic acids is 4. The maximum Gasteiger partial charge on any atom is 0.231 e. The molecule has 0 radical (unpaired) electrons. The first-order valence-corrected chi connectivity index (χ1v) is 6.98. The first-order chi connectivity index (χ1) is 10.9. The molecule has 7 nitrogen and oxygen atoms in total. The molecule has 0 saturated carbocycles. The molecule has 122 valence electrons. The highest BCUT2D eigenvalue weighted by Gasteiger charge is 2.22. The van der Waals surface area contributed by atoms with Crippen LogP contribution in [0.2, 0.25) is 0 Å². The van der Waals surface area contributed by atoms with Gasteiger partial charge in [-0.15, -0.1) is 0 Å². The molecule has 2 amide bonds. The van der Waals surface area contributed by atoms with Gasteiger partial charge in [0.1, 0.15) is 12.1 Å². The minimum atomic E-state index is -0.571. The Morgan fingerprint density at radius 2 is 1.70 bits per heavy atom. The van der Waals surface area contributed by atoms with E-state index in [9.17, 15) is 19.2 Å². The minimum Gasteiger partial charge on any atom is -0.409 e. The van der Waals surface area contributed by atoms with Crippen LogP contribution < -0.4 is 0 Å². The average molecular weight is 318 g/mol. The van der Waals surface area contributed by atoms with Gasteiger partial charge in [0, 0.05) is 38.7 Å². The molecule has 0 aliphatic carbocycles. The maximum absolute atomic E-state index is 11.6. The number of ketones is 1. The minimum absolute atomic E-state index is 0.0602. The molecule has 0 aliphatic rings. The number of oxime groups is 1. The lowest BCUT2D eigenvalue weighted by Gasteiger charge is -2.18. The number of hydrogen-bond acceptors (Lipinski definition) is 6. The molecule has 0 aromatic heterocycles. The molecule has 0 bridgehead atoms. The van der Waals surface area contributed by atoms with Gasteiger partial charge in [-0.25, -0.2) is 4.90 Å². The molecule has 0 unspecified atom stereocenters. The first kappa shape index (κ1) is 18.2. The zero-order chi connectivity index (χ0) is 17.4. The van der Waals surface area contributed by atoms with Crippen molar-refractivity contribution in [3.05, 3.63) is 35.4 Å². The number of imide groups is 1. The number of nitrogens with zero attached hydrogens (tertiary/aromatic N) is 2. The van der Waals surface area contributed by atoms with E-state index in [1.165, 1.54) is 13.8 Å². The predicted molar refractivity (Wildman–Crippen MR) is 82.0 cm³/mol. The molecule has 0 saturated heterocycles. The summed E-state index contributed by atoms with van der Waals surface area (Å²) in [4.78, 5) is 45.6. The summed E-state index contributed by atoms with van der Waals surface area (Å²) in [7, 11) is 0. The molecule has 23 heavy (non-hydrogen) atoms. The number of hydrogen-bond donors (Lipinski definition) is 1. The van der Waals surface area contributed by atoms with E-state index in [1.54, 1.807) is 24.3 Å². The molecule has 0 heterocycles. The molecule has 0 atom stereocenters. The van der Waals surface area contributed by atoms with Gasteiger partial charge in [0.05, 0.1) is 0 Å². The Balaban J connectivity index is 2.93. The van der Waals surface area contributed by atoms with E-state index >= 15 is 0 Å². The van der Waals surface area contributed by atoms with Crippen molar-refractivity contribution < 1.29 is 24.4 Å². The molecule has 1 aromatic carbocycles. The Morgan fingerprint density at radius 3 is 2.13 bits per heavy atom.